The molecule has 1 aliphatic heterocycles. The van der Waals surface area contributed by atoms with Crippen LogP contribution >= 0.6 is 0 Å². The molecule has 1 saturated heterocycles. The molecule has 1 unspecified atom stereocenters. The molecule has 1 aliphatic carbocycles. The Morgan fingerprint density at radius 1 is 1.43 bits per heavy atom. The van der Waals surface area contributed by atoms with Gasteiger partial charge in [-0.3, -0.25) is 4.99 Å². The van der Waals surface area contributed by atoms with Crippen LogP contribution in [0.2, 0.25) is 0 Å². The van der Waals surface area contributed by atoms with E-state index in [1.807, 2.05) is 0 Å². The van der Waals surface area contributed by atoms with Gasteiger partial charge < -0.3 is 15.8 Å². The summed E-state index contributed by atoms with van der Waals surface area (Å²) in [7, 11) is 0. The number of nitrogens with two attached hydrogens (primary N) is 1. The second-order valence-electron chi connectivity index (χ2n) is 6.31. The van der Waals surface area contributed by atoms with Gasteiger partial charge in [0.25, 0.3) is 0 Å². The maximum absolute atomic E-state index is 5.99. The van der Waals surface area contributed by atoms with Crippen molar-refractivity contribution >= 4 is 5.96 Å². The number of ether oxygens (including phenoxy) is 1. The Hall–Kier alpha value is -1.55. The number of benzene rings is 1. The van der Waals surface area contributed by atoms with Crippen LogP contribution in [0, 0.1) is 6.92 Å². The van der Waals surface area contributed by atoms with Crippen LogP contribution < -0.4 is 11.1 Å². The van der Waals surface area contributed by atoms with E-state index < -0.39 is 0 Å². The standard InChI is InChI=1S/C17H25N3O/c1-13-5-2-3-7-15(13)17(8-9-17)12-20-16(18)19-11-14-6-4-10-21-14/h2-3,5,7,14H,4,6,8-12H2,1H3,(H3,18,19,20). The number of hydrogen-bond acceptors (Lipinski definition) is 2. The average Bonchev–Trinajstić information content (AvgIpc) is 3.09. The van der Waals surface area contributed by atoms with Gasteiger partial charge in [-0.2, -0.15) is 0 Å². The topological polar surface area (TPSA) is 59.6 Å². The molecular formula is C17H25N3O. The van der Waals surface area contributed by atoms with Crippen LogP contribution in [0.1, 0.15) is 36.8 Å². The molecule has 2 aliphatic rings. The van der Waals surface area contributed by atoms with E-state index in [9.17, 15) is 0 Å². The van der Waals surface area contributed by atoms with Crippen molar-refractivity contribution in [2.24, 2.45) is 10.7 Å². The van der Waals surface area contributed by atoms with Gasteiger partial charge in [-0.1, -0.05) is 24.3 Å². The minimum Gasteiger partial charge on any atom is -0.376 e. The van der Waals surface area contributed by atoms with Crippen LogP contribution in [-0.4, -0.2) is 31.8 Å². The van der Waals surface area contributed by atoms with Gasteiger partial charge in [-0.25, -0.2) is 0 Å². The molecule has 1 aromatic rings. The minimum atomic E-state index is 0.224. The molecule has 2 fully saturated rings. The number of hydrogen-bond donors (Lipinski definition) is 2. The lowest BCUT2D eigenvalue weighted by Crippen LogP contribution is -2.37. The smallest absolute Gasteiger partial charge is 0.188 e. The van der Waals surface area contributed by atoms with Gasteiger partial charge in [0.1, 0.15) is 0 Å². The SMILES string of the molecule is Cc1ccccc1C1(CN=C(N)NCC2CCCO2)CC1. The fraction of sp³-hybridized carbons (Fsp3) is 0.588. The Morgan fingerprint density at radius 3 is 2.90 bits per heavy atom. The molecule has 0 spiro atoms. The monoisotopic (exact) mass is 287 g/mol. The summed E-state index contributed by atoms with van der Waals surface area (Å²) in [5.41, 5.74) is 9.00. The van der Waals surface area contributed by atoms with Crippen molar-refractivity contribution in [3.05, 3.63) is 35.4 Å². The molecular weight excluding hydrogens is 262 g/mol. The third-order valence-electron chi connectivity index (χ3n) is 4.66. The highest BCUT2D eigenvalue weighted by Crippen LogP contribution is 2.49. The molecule has 1 saturated carbocycles. The maximum Gasteiger partial charge on any atom is 0.188 e. The van der Waals surface area contributed by atoms with Crippen LogP contribution in [0.4, 0.5) is 0 Å². The highest BCUT2D eigenvalue weighted by atomic mass is 16.5. The van der Waals surface area contributed by atoms with Crippen molar-refractivity contribution in [2.45, 2.75) is 44.1 Å². The highest BCUT2D eigenvalue weighted by Gasteiger charge is 2.44. The van der Waals surface area contributed by atoms with Crippen LogP contribution in [0.25, 0.3) is 0 Å². The molecule has 114 valence electrons. The molecule has 4 heteroatoms. The van der Waals surface area contributed by atoms with Crippen LogP contribution in [-0.2, 0) is 10.2 Å². The highest BCUT2D eigenvalue weighted by molar-refractivity contribution is 5.78. The first-order valence-electron chi connectivity index (χ1n) is 7.91. The first-order valence-corrected chi connectivity index (χ1v) is 7.91. The number of rotatable bonds is 5. The minimum absolute atomic E-state index is 0.224. The summed E-state index contributed by atoms with van der Waals surface area (Å²) >= 11 is 0. The molecule has 0 radical (unpaired) electrons. The van der Waals surface area contributed by atoms with E-state index in [2.05, 4.69) is 41.5 Å². The summed E-state index contributed by atoms with van der Waals surface area (Å²) in [6.07, 6.45) is 4.98. The molecule has 3 rings (SSSR count). The van der Waals surface area contributed by atoms with Crippen LogP contribution in [0.3, 0.4) is 0 Å². The zero-order valence-electron chi connectivity index (χ0n) is 12.8. The Labute approximate surface area is 126 Å². The van der Waals surface area contributed by atoms with Gasteiger partial charge in [-0.05, 0) is 43.7 Å². The fourth-order valence-electron chi connectivity index (χ4n) is 3.15. The lowest BCUT2D eigenvalue weighted by atomic mass is 9.92. The third-order valence-corrected chi connectivity index (χ3v) is 4.66. The summed E-state index contributed by atoms with van der Waals surface area (Å²) in [6.45, 7) is 4.60. The Morgan fingerprint density at radius 2 is 2.24 bits per heavy atom. The summed E-state index contributed by atoms with van der Waals surface area (Å²) in [5, 5.41) is 3.19. The molecule has 1 atom stereocenters. The molecule has 21 heavy (non-hydrogen) atoms. The molecule has 0 amide bonds. The van der Waals surface area contributed by atoms with Gasteiger partial charge in [0, 0.05) is 18.6 Å². The van der Waals surface area contributed by atoms with Crippen LogP contribution in [0.5, 0.6) is 0 Å². The quantitative estimate of drug-likeness (QED) is 0.644. The summed E-state index contributed by atoms with van der Waals surface area (Å²) in [4.78, 5) is 4.56. The second kappa shape index (κ2) is 6.06. The molecule has 1 heterocycles. The predicted octanol–water partition coefficient (Wildman–Crippen LogP) is 2.11. The number of aliphatic imine (C=N–C) groups is 1. The Kier molecular flexibility index (Phi) is 4.15. The summed E-state index contributed by atoms with van der Waals surface area (Å²) < 4.78 is 5.57. The van der Waals surface area contributed by atoms with E-state index in [-0.39, 0.29) is 5.41 Å². The van der Waals surface area contributed by atoms with Gasteiger partial charge in [0.15, 0.2) is 5.96 Å². The molecule has 1 aromatic carbocycles. The number of nitrogens with zero attached hydrogens (tertiary/aromatic N) is 1. The van der Waals surface area contributed by atoms with E-state index in [0.29, 0.717) is 12.1 Å². The maximum atomic E-state index is 5.99. The zero-order chi connectivity index (χ0) is 14.7. The largest absolute Gasteiger partial charge is 0.376 e. The van der Waals surface area contributed by atoms with E-state index in [1.54, 1.807) is 0 Å². The Balaban J connectivity index is 1.56. The van der Waals surface area contributed by atoms with Crippen molar-refractivity contribution in [3.63, 3.8) is 0 Å². The Bertz CT molecular complexity index is 517. The van der Waals surface area contributed by atoms with Crippen molar-refractivity contribution in [1.82, 2.24) is 5.32 Å². The lowest BCUT2D eigenvalue weighted by Gasteiger charge is -2.17. The molecule has 0 bridgehead atoms. The summed E-state index contributed by atoms with van der Waals surface area (Å²) in [6, 6.07) is 8.62. The molecule has 0 aromatic heterocycles. The van der Waals surface area contributed by atoms with Crippen molar-refractivity contribution in [3.8, 4) is 0 Å². The van der Waals surface area contributed by atoms with Gasteiger partial charge in [-0.15, -0.1) is 0 Å². The predicted molar refractivity (Wildman–Crippen MR) is 85.6 cm³/mol. The fourth-order valence-corrected chi connectivity index (χ4v) is 3.15. The van der Waals surface area contributed by atoms with Crippen molar-refractivity contribution in [2.75, 3.05) is 19.7 Å². The number of guanidine groups is 1. The van der Waals surface area contributed by atoms with E-state index >= 15 is 0 Å². The number of aryl methyl sites for hydroxylation is 1. The van der Waals surface area contributed by atoms with Gasteiger partial charge >= 0.3 is 0 Å². The van der Waals surface area contributed by atoms with Gasteiger partial charge in [0.2, 0.25) is 0 Å². The third kappa shape index (κ3) is 3.38. The van der Waals surface area contributed by atoms with E-state index in [0.717, 1.165) is 32.5 Å². The number of nitrogens with one attached hydrogen (secondary N) is 1. The van der Waals surface area contributed by atoms with Crippen LogP contribution in [0.15, 0.2) is 29.3 Å². The first kappa shape index (κ1) is 14.4. The van der Waals surface area contributed by atoms with Crippen molar-refractivity contribution in [1.29, 1.82) is 0 Å². The zero-order valence-corrected chi connectivity index (χ0v) is 12.8. The van der Waals surface area contributed by atoms with Gasteiger partial charge in [0.05, 0.1) is 12.6 Å². The molecule has 3 N–H and O–H groups in total. The average molecular weight is 287 g/mol. The first-order chi connectivity index (χ1) is 10.2. The second-order valence-corrected chi connectivity index (χ2v) is 6.31. The molecule has 4 nitrogen and oxygen atoms in total. The summed E-state index contributed by atoms with van der Waals surface area (Å²) in [5.74, 6) is 0.547. The normalized spacial score (nSPS) is 24.0. The lowest BCUT2D eigenvalue weighted by molar-refractivity contribution is 0.114. The van der Waals surface area contributed by atoms with E-state index in [1.165, 1.54) is 24.0 Å². The van der Waals surface area contributed by atoms with Crippen molar-refractivity contribution < 1.29 is 4.74 Å². The van der Waals surface area contributed by atoms with E-state index in [4.69, 9.17) is 10.5 Å².